The van der Waals surface area contributed by atoms with Crippen LogP contribution < -0.4 is 20.5 Å². The van der Waals surface area contributed by atoms with Crippen molar-refractivity contribution in [1.82, 2.24) is 9.97 Å². The Morgan fingerprint density at radius 3 is 2.69 bits per heavy atom. The largest absolute Gasteiger partial charge is 0.496 e. The van der Waals surface area contributed by atoms with E-state index in [-0.39, 0.29) is 23.8 Å². The van der Waals surface area contributed by atoms with Gasteiger partial charge in [-0.1, -0.05) is 41.9 Å². The smallest absolute Gasteiger partial charge is 0.270 e. The van der Waals surface area contributed by atoms with Gasteiger partial charge >= 0.3 is 0 Å². The number of nitriles is 1. The van der Waals surface area contributed by atoms with Gasteiger partial charge in [-0.15, -0.1) is 0 Å². The molecule has 0 spiro atoms. The number of hydrogen-bond donors (Lipinski definition) is 2. The Morgan fingerprint density at radius 1 is 1.17 bits per heavy atom. The summed E-state index contributed by atoms with van der Waals surface area (Å²) >= 11 is 6.09. The number of hydrazone groups is 1. The van der Waals surface area contributed by atoms with Gasteiger partial charge in [0.25, 0.3) is 5.56 Å². The number of nitrogens with one attached hydrogen (secondary N) is 2. The van der Waals surface area contributed by atoms with Crippen LogP contribution in [0.5, 0.6) is 11.5 Å². The van der Waals surface area contributed by atoms with Gasteiger partial charge in [-0.05, 0) is 54.4 Å². The standard InChI is InChI=1S/C27H22ClN5O3/c1-17-12-21(9-10-23(17)28)36-16-20-13-18(8-11-24(20)35-2)15-30-33-27-31-25(19-6-4-3-5-7-19)22(14-29)26(34)32-27/h3-13,15H,16H2,1-2H3,(H2,31,32,33,34). The van der Waals surface area contributed by atoms with E-state index in [0.717, 1.165) is 16.7 Å². The van der Waals surface area contributed by atoms with E-state index in [2.05, 4.69) is 20.5 Å². The number of anilines is 1. The average molecular weight is 500 g/mol. The molecule has 0 saturated carbocycles. The molecule has 1 heterocycles. The topological polar surface area (TPSA) is 112 Å². The van der Waals surface area contributed by atoms with Crippen LogP contribution in [0.1, 0.15) is 22.3 Å². The fourth-order valence-electron chi connectivity index (χ4n) is 3.46. The number of aromatic amines is 1. The Morgan fingerprint density at radius 2 is 1.97 bits per heavy atom. The third-order valence-corrected chi connectivity index (χ3v) is 5.71. The number of aromatic nitrogens is 2. The number of nitrogens with zero attached hydrogens (tertiary/aromatic N) is 3. The first-order chi connectivity index (χ1) is 17.5. The van der Waals surface area contributed by atoms with Gasteiger partial charge in [0.15, 0.2) is 0 Å². The maximum Gasteiger partial charge on any atom is 0.270 e. The van der Waals surface area contributed by atoms with Gasteiger partial charge in [0.2, 0.25) is 5.95 Å². The number of benzene rings is 3. The molecule has 0 radical (unpaired) electrons. The zero-order valence-corrected chi connectivity index (χ0v) is 20.3. The van der Waals surface area contributed by atoms with Crippen LogP contribution in [0.25, 0.3) is 11.3 Å². The maximum absolute atomic E-state index is 12.4. The molecular weight excluding hydrogens is 478 g/mol. The molecule has 36 heavy (non-hydrogen) atoms. The molecule has 0 atom stereocenters. The monoisotopic (exact) mass is 499 g/mol. The van der Waals surface area contributed by atoms with Gasteiger partial charge in [-0.2, -0.15) is 10.4 Å². The fraction of sp³-hybridized carbons (Fsp3) is 0.111. The molecule has 0 aliphatic heterocycles. The molecule has 1 aromatic heterocycles. The number of halogens is 1. The van der Waals surface area contributed by atoms with Gasteiger partial charge in [-0.3, -0.25) is 9.78 Å². The molecular formula is C27H22ClN5O3. The molecule has 0 aliphatic carbocycles. The highest BCUT2D eigenvalue weighted by molar-refractivity contribution is 6.31. The molecule has 4 rings (SSSR count). The third kappa shape index (κ3) is 5.71. The maximum atomic E-state index is 12.4. The molecule has 0 saturated heterocycles. The van der Waals surface area contributed by atoms with Crippen molar-refractivity contribution >= 4 is 23.8 Å². The number of aryl methyl sites for hydroxylation is 1. The summed E-state index contributed by atoms with van der Waals surface area (Å²) in [5.41, 5.74) is 5.58. The minimum atomic E-state index is -0.551. The molecule has 8 nitrogen and oxygen atoms in total. The van der Waals surface area contributed by atoms with Crippen molar-refractivity contribution in [3.8, 4) is 28.8 Å². The van der Waals surface area contributed by atoms with Crippen LogP contribution in [0.2, 0.25) is 5.02 Å². The van der Waals surface area contributed by atoms with E-state index in [1.807, 2.05) is 61.5 Å². The molecule has 0 aliphatic rings. The van der Waals surface area contributed by atoms with Crippen molar-refractivity contribution in [3.63, 3.8) is 0 Å². The SMILES string of the molecule is COc1ccc(C=NNc2nc(-c3ccccc3)c(C#N)c(=O)[nH]2)cc1COc1ccc(Cl)c(C)c1. The summed E-state index contributed by atoms with van der Waals surface area (Å²) in [5.74, 6) is 1.49. The van der Waals surface area contributed by atoms with Crippen LogP contribution in [0.3, 0.4) is 0 Å². The molecule has 4 aromatic rings. The van der Waals surface area contributed by atoms with Crippen molar-refractivity contribution in [2.45, 2.75) is 13.5 Å². The number of ether oxygens (including phenoxy) is 2. The lowest BCUT2D eigenvalue weighted by molar-refractivity contribution is 0.296. The van der Waals surface area contributed by atoms with Crippen molar-refractivity contribution in [2.24, 2.45) is 5.10 Å². The van der Waals surface area contributed by atoms with Gasteiger partial charge in [0, 0.05) is 16.1 Å². The summed E-state index contributed by atoms with van der Waals surface area (Å²) < 4.78 is 11.4. The van der Waals surface area contributed by atoms with Crippen molar-refractivity contribution in [3.05, 3.63) is 104 Å². The van der Waals surface area contributed by atoms with Crippen LogP contribution in [-0.4, -0.2) is 23.3 Å². The van der Waals surface area contributed by atoms with E-state index >= 15 is 0 Å². The van der Waals surface area contributed by atoms with Crippen LogP contribution >= 0.6 is 11.6 Å². The lowest BCUT2D eigenvalue weighted by Gasteiger charge is -2.12. The Hall–Kier alpha value is -4.61. The first-order valence-corrected chi connectivity index (χ1v) is 11.3. The van der Waals surface area contributed by atoms with E-state index in [9.17, 15) is 10.1 Å². The summed E-state index contributed by atoms with van der Waals surface area (Å²) in [5, 5.41) is 14.3. The lowest BCUT2D eigenvalue weighted by Crippen LogP contribution is -2.16. The van der Waals surface area contributed by atoms with Crippen molar-refractivity contribution < 1.29 is 9.47 Å². The van der Waals surface area contributed by atoms with Crippen LogP contribution in [-0.2, 0) is 6.61 Å². The minimum Gasteiger partial charge on any atom is -0.496 e. The molecule has 0 bridgehead atoms. The van der Waals surface area contributed by atoms with Gasteiger partial charge in [-0.25, -0.2) is 10.4 Å². The molecule has 0 amide bonds. The second-order valence-corrected chi connectivity index (χ2v) is 8.16. The first-order valence-electron chi connectivity index (χ1n) is 10.9. The fourth-order valence-corrected chi connectivity index (χ4v) is 3.58. The van der Waals surface area contributed by atoms with Gasteiger partial charge in [0.05, 0.1) is 19.0 Å². The van der Waals surface area contributed by atoms with Gasteiger partial charge in [0.1, 0.15) is 29.7 Å². The van der Waals surface area contributed by atoms with E-state index in [1.54, 1.807) is 31.5 Å². The highest BCUT2D eigenvalue weighted by atomic mass is 35.5. The highest BCUT2D eigenvalue weighted by Crippen LogP contribution is 2.25. The summed E-state index contributed by atoms with van der Waals surface area (Å²) in [4.78, 5) is 19.3. The number of H-pyrrole nitrogens is 1. The summed E-state index contributed by atoms with van der Waals surface area (Å²) in [6, 6.07) is 22.0. The number of methoxy groups -OCH3 is 1. The van der Waals surface area contributed by atoms with E-state index in [0.29, 0.717) is 22.1 Å². The molecule has 0 unspecified atom stereocenters. The average Bonchev–Trinajstić information content (AvgIpc) is 2.89. The normalized spacial score (nSPS) is 10.7. The Kier molecular flexibility index (Phi) is 7.63. The predicted molar refractivity (Wildman–Crippen MR) is 140 cm³/mol. The first kappa shape index (κ1) is 24.5. The Bertz CT molecular complexity index is 1510. The van der Waals surface area contributed by atoms with Crippen molar-refractivity contribution in [1.29, 1.82) is 5.26 Å². The molecule has 3 aromatic carbocycles. The number of rotatable bonds is 8. The summed E-state index contributed by atoms with van der Waals surface area (Å²) in [6.45, 7) is 2.20. The van der Waals surface area contributed by atoms with Crippen LogP contribution in [0.4, 0.5) is 5.95 Å². The van der Waals surface area contributed by atoms with Gasteiger partial charge < -0.3 is 9.47 Å². The predicted octanol–water partition coefficient (Wildman–Crippen LogP) is 5.30. The third-order valence-electron chi connectivity index (χ3n) is 5.29. The second kappa shape index (κ2) is 11.2. The zero-order chi connectivity index (χ0) is 25.5. The Labute approximate surface area is 212 Å². The van der Waals surface area contributed by atoms with E-state index in [4.69, 9.17) is 21.1 Å². The minimum absolute atomic E-state index is 0.0635. The molecule has 180 valence electrons. The number of hydrogen-bond acceptors (Lipinski definition) is 7. The Balaban J connectivity index is 1.52. The quantitative estimate of drug-likeness (QED) is 0.251. The second-order valence-electron chi connectivity index (χ2n) is 7.76. The van der Waals surface area contributed by atoms with Crippen LogP contribution in [0, 0.1) is 18.3 Å². The molecule has 0 fully saturated rings. The van der Waals surface area contributed by atoms with Crippen LogP contribution in [0.15, 0.2) is 76.6 Å². The van der Waals surface area contributed by atoms with Crippen molar-refractivity contribution in [2.75, 3.05) is 12.5 Å². The summed E-state index contributed by atoms with van der Waals surface area (Å²) in [7, 11) is 1.60. The van der Waals surface area contributed by atoms with E-state index in [1.165, 1.54) is 0 Å². The molecule has 9 heteroatoms. The highest BCUT2D eigenvalue weighted by Gasteiger charge is 2.13. The summed E-state index contributed by atoms with van der Waals surface area (Å²) in [6.07, 6.45) is 1.58. The zero-order valence-electron chi connectivity index (χ0n) is 19.6. The van der Waals surface area contributed by atoms with E-state index < -0.39 is 5.56 Å². The molecule has 2 N–H and O–H groups in total. The lowest BCUT2D eigenvalue weighted by atomic mass is 10.1.